The molecule has 48 heavy (non-hydrogen) atoms. The Morgan fingerprint density at radius 1 is 0.354 bits per heavy atom. The summed E-state index contributed by atoms with van der Waals surface area (Å²) in [6.45, 7) is 6.62. The second-order valence-corrected chi connectivity index (χ2v) is 18.6. The van der Waals surface area contributed by atoms with E-state index in [1.165, 1.54) is 128 Å². The molecule has 0 aliphatic heterocycles. The molecular formula is C46H84O2. The molecule has 0 aromatic carbocycles. The fourth-order valence-corrected chi connectivity index (χ4v) is 11.7. The average Bonchev–Trinajstić information content (AvgIpc) is 3.14. The molecule has 5 rings (SSSR count). The molecule has 0 spiro atoms. The van der Waals surface area contributed by atoms with Gasteiger partial charge < -0.3 is 9.47 Å². The van der Waals surface area contributed by atoms with Crippen molar-refractivity contribution in [1.82, 2.24) is 0 Å². The Morgan fingerprint density at radius 2 is 0.708 bits per heavy atom. The van der Waals surface area contributed by atoms with Crippen molar-refractivity contribution in [3.8, 4) is 0 Å². The van der Waals surface area contributed by atoms with E-state index in [0.29, 0.717) is 12.2 Å². The standard InChI is InChI=1S/C46H84O2/c1-3-5-7-9-34-47-45-30-22-39(23-31-45)16-14-37-18-26-41(27-19-37)43-12-11-13-44(36-43)42-28-20-38(21-29-42)15-17-40-24-32-46(33-25-40)48-35-10-8-6-4-2/h37-46H,3-36H2,1-2H3. The van der Waals surface area contributed by atoms with Crippen molar-refractivity contribution in [3.63, 3.8) is 0 Å². The van der Waals surface area contributed by atoms with Gasteiger partial charge in [-0.1, -0.05) is 123 Å². The highest BCUT2D eigenvalue weighted by Crippen LogP contribution is 2.48. The number of unbranched alkanes of at least 4 members (excludes halogenated alkanes) is 6. The summed E-state index contributed by atoms with van der Waals surface area (Å²) in [6, 6.07) is 0. The summed E-state index contributed by atoms with van der Waals surface area (Å²) >= 11 is 0. The van der Waals surface area contributed by atoms with Crippen LogP contribution in [0.3, 0.4) is 0 Å². The van der Waals surface area contributed by atoms with Crippen molar-refractivity contribution in [3.05, 3.63) is 0 Å². The molecule has 0 heterocycles. The summed E-state index contributed by atoms with van der Waals surface area (Å²) in [5.74, 6) is 8.41. The molecule has 5 fully saturated rings. The van der Waals surface area contributed by atoms with E-state index in [1.54, 1.807) is 77.0 Å². The van der Waals surface area contributed by atoms with Crippen LogP contribution in [-0.4, -0.2) is 25.4 Å². The maximum atomic E-state index is 6.24. The van der Waals surface area contributed by atoms with Crippen LogP contribution in [0.1, 0.15) is 219 Å². The minimum absolute atomic E-state index is 0.582. The largest absolute Gasteiger partial charge is 0.378 e. The molecule has 0 saturated heterocycles. The fourth-order valence-electron chi connectivity index (χ4n) is 11.7. The maximum Gasteiger partial charge on any atom is 0.0575 e. The summed E-state index contributed by atoms with van der Waals surface area (Å²) < 4.78 is 12.5. The Kier molecular flexibility index (Phi) is 18.6. The van der Waals surface area contributed by atoms with Crippen molar-refractivity contribution in [2.75, 3.05) is 13.2 Å². The smallest absolute Gasteiger partial charge is 0.0575 e. The molecule has 5 aliphatic rings. The van der Waals surface area contributed by atoms with Gasteiger partial charge in [0.05, 0.1) is 12.2 Å². The van der Waals surface area contributed by atoms with Crippen LogP contribution in [0, 0.1) is 47.3 Å². The third-order valence-electron chi connectivity index (χ3n) is 15.1. The van der Waals surface area contributed by atoms with E-state index >= 15 is 0 Å². The summed E-state index contributed by atoms with van der Waals surface area (Å²) in [7, 11) is 0. The molecule has 2 atom stereocenters. The van der Waals surface area contributed by atoms with Gasteiger partial charge in [0, 0.05) is 13.2 Å². The fraction of sp³-hybridized carbons (Fsp3) is 1.00. The Bertz CT molecular complexity index is 714. The minimum Gasteiger partial charge on any atom is -0.378 e. The van der Waals surface area contributed by atoms with E-state index in [4.69, 9.17) is 9.47 Å². The molecule has 2 nitrogen and oxygen atoms in total. The van der Waals surface area contributed by atoms with Gasteiger partial charge in [-0.3, -0.25) is 0 Å². The predicted molar refractivity (Wildman–Crippen MR) is 206 cm³/mol. The number of hydrogen-bond donors (Lipinski definition) is 0. The molecule has 0 aromatic heterocycles. The zero-order valence-corrected chi connectivity index (χ0v) is 32.6. The SMILES string of the molecule is CCCCCCOC1CCC(CCC2CCC(C3CCCC(C4CCC(CCC5CCC(OCCCCCC)CC5)CC4)C3)CC2)CC1. The third kappa shape index (κ3) is 13.8. The molecule has 280 valence electrons. The van der Waals surface area contributed by atoms with Crippen LogP contribution in [0.2, 0.25) is 0 Å². The van der Waals surface area contributed by atoms with E-state index in [0.717, 1.165) is 60.6 Å². The van der Waals surface area contributed by atoms with Gasteiger partial charge in [-0.2, -0.15) is 0 Å². The van der Waals surface area contributed by atoms with Crippen molar-refractivity contribution in [1.29, 1.82) is 0 Å². The van der Waals surface area contributed by atoms with Crippen LogP contribution < -0.4 is 0 Å². The minimum atomic E-state index is 0.582. The lowest BCUT2D eigenvalue weighted by molar-refractivity contribution is 0.0143. The predicted octanol–water partition coefficient (Wildman–Crippen LogP) is 14.3. The molecule has 0 amide bonds. The van der Waals surface area contributed by atoms with Gasteiger partial charge in [0.2, 0.25) is 0 Å². The Morgan fingerprint density at radius 3 is 1.06 bits per heavy atom. The van der Waals surface area contributed by atoms with E-state index < -0.39 is 0 Å². The molecule has 0 aromatic rings. The van der Waals surface area contributed by atoms with Crippen molar-refractivity contribution >= 4 is 0 Å². The quantitative estimate of drug-likeness (QED) is 0.120. The summed E-state index contributed by atoms with van der Waals surface area (Å²) in [5.41, 5.74) is 0. The average molecular weight is 669 g/mol. The van der Waals surface area contributed by atoms with Crippen LogP contribution in [0.4, 0.5) is 0 Å². The van der Waals surface area contributed by atoms with Crippen LogP contribution in [0.15, 0.2) is 0 Å². The number of rotatable bonds is 20. The molecule has 2 unspecified atom stereocenters. The summed E-state index contributed by atoms with van der Waals surface area (Å²) in [4.78, 5) is 0. The second kappa shape index (κ2) is 22.8. The normalized spacial score (nSPS) is 36.6. The lowest BCUT2D eigenvalue weighted by Gasteiger charge is -2.42. The second-order valence-electron chi connectivity index (χ2n) is 18.6. The Labute approximate surface area is 300 Å². The van der Waals surface area contributed by atoms with Gasteiger partial charge in [0.15, 0.2) is 0 Å². The van der Waals surface area contributed by atoms with E-state index in [9.17, 15) is 0 Å². The lowest BCUT2D eigenvalue weighted by Crippen LogP contribution is -2.31. The van der Waals surface area contributed by atoms with Crippen molar-refractivity contribution in [2.24, 2.45) is 47.3 Å². The maximum absolute atomic E-state index is 6.24. The molecule has 0 N–H and O–H groups in total. The first-order valence-corrected chi connectivity index (χ1v) is 22.9. The first-order valence-electron chi connectivity index (χ1n) is 22.9. The van der Waals surface area contributed by atoms with Gasteiger partial charge >= 0.3 is 0 Å². The number of hydrogen-bond acceptors (Lipinski definition) is 2. The topological polar surface area (TPSA) is 18.5 Å². The monoisotopic (exact) mass is 669 g/mol. The molecular weight excluding hydrogens is 585 g/mol. The van der Waals surface area contributed by atoms with Crippen LogP contribution in [-0.2, 0) is 9.47 Å². The molecule has 0 bridgehead atoms. The Hall–Kier alpha value is -0.0800. The lowest BCUT2D eigenvalue weighted by atomic mass is 9.63. The van der Waals surface area contributed by atoms with Crippen molar-refractivity contribution < 1.29 is 9.47 Å². The molecule has 5 aliphatic carbocycles. The third-order valence-corrected chi connectivity index (χ3v) is 15.1. The van der Waals surface area contributed by atoms with Gasteiger partial charge in [-0.25, -0.2) is 0 Å². The van der Waals surface area contributed by atoms with Gasteiger partial charge in [0.25, 0.3) is 0 Å². The highest BCUT2D eigenvalue weighted by Gasteiger charge is 2.36. The van der Waals surface area contributed by atoms with E-state index in [1.807, 2.05) is 0 Å². The Balaban J connectivity index is 0.884. The summed E-state index contributed by atoms with van der Waals surface area (Å²) in [5, 5.41) is 0. The molecule has 5 saturated carbocycles. The van der Waals surface area contributed by atoms with Crippen LogP contribution in [0.5, 0.6) is 0 Å². The van der Waals surface area contributed by atoms with Gasteiger partial charge in [0.1, 0.15) is 0 Å². The molecule has 2 heteroatoms. The highest BCUT2D eigenvalue weighted by molar-refractivity contribution is 4.87. The van der Waals surface area contributed by atoms with Gasteiger partial charge in [-0.15, -0.1) is 0 Å². The number of ether oxygens (including phenoxy) is 2. The first kappa shape index (κ1) is 39.1. The zero-order chi connectivity index (χ0) is 33.2. The first-order chi connectivity index (χ1) is 23.7. The van der Waals surface area contributed by atoms with E-state index in [-0.39, 0.29) is 0 Å². The van der Waals surface area contributed by atoms with Crippen LogP contribution in [0.25, 0.3) is 0 Å². The van der Waals surface area contributed by atoms with Crippen molar-refractivity contribution in [2.45, 2.75) is 232 Å². The van der Waals surface area contributed by atoms with Gasteiger partial charge in [-0.05, 0) is 144 Å². The van der Waals surface area contributed by atoms with Crippen LogP contribution >= 0.6 is 0 Å². The van der Waals surface area contributed by atoms with E-state index in [2.05, 4.69) is 13.8 Å². The zero-order valence-electron chi connectivity index (χ0n) is 32.6. The highest BCUT2D eigenvalue weighted by atomic mass is 16.5. The summed E-state index contributed by atoms with van der Waals surface area (Å²) in [6.07, 6.45) is 47.8. The molecule has 0 radical (unpaired) electrons.